The first kappa shape index (κ1) is 12.5. The highest BCUT2D eigenvalue weighted by Gasteiger charge is 2.14. The molecule has 0 spiro atoms. The minimum atomic E-state index is -0.922. The predicted octanol–water partition coefficient (Wildman–Crippen LogP) is 1.81. The molecule has 3 N–H and O–H groups in total. The van der Waals surface area contributed by atoms with Gasteiger partial charge in [-0.2, -0.15) is 0 Å². The van der Waals surface area contributed by atoms with Gasteiger partial charge in [-0.3, -0.25) is 4.90 Å². The first-order chi connectivity index (χ1) is 7.60. The minimum Gasteiger partial charge on any atom is -0.478 e. The Morgan fingerprint density at radius 1 is 1.38 bits per heavy atom. The summed E-state index contributed by atoms with van der Waals surface area (Å²) >= 11 is 0. The van der Waals surface area contributed by atoms with Crippen molar-refractivity contribution in [1.29, 1.82) is 0 Å². The van der Waals surface area contributed by atoms with Gasteiger partial charge in [0, 0.05) is 17.8 Å². The zero-order valence-corrected chi connectivity index (χ0v) is 9.73. The summed E-state index contributed by atoms with van der Waals surface area (Å²) < 4.78 is 0. The fourth-order valence-electron chi connectivity index (χ4n) is 1.65. The Bertz CT molecular complexity index is 373. The van der Waals surface area contributed by atoms with E-state index in [9.17, 15) is 4.79 Å². The fraction of sp³-hybridized carbons (Fsp3) is 0.417. The molecule has 0 aliphatic carbocycles. The lowest BCUT2D eigenvalue weighted by Crippen LogP contribution is -2.24. The van der Waals surface area contributed by atoms with E-state index in [2.05, 4.69) is 4.90 Å². The second kappa shape index (κ2) is 5.51. The zero-order chi connectivity index (χ0) is 12.1. The van der Waals surface area contributed by atoms with Gasteiger partial charge in [-0.15, -0.1) is 0 Å². The van der Waals surface area contributed by atoms with Gasteiger partial charge in [0.2, 0.25) is 0 Å². The molecule has 1 aromatic carbocycles. The normalized spacial score (nSPS) is 10.7. The van der Waals surface area contributed by atoms with Crippen LogP contribution in [0.1, 0.15) is 29.8 Å². The Morgan fingerprint density at radius 3 is 2.50 bits per heavy atom. The molecule has 1 aromatic rings. The number of benzene rings is 1. The van der Waals surface area contributed by atoms with E-state index < -0.39 is 5.97 Å². The quantitative estimate of drug-likeness (QED) is 0.746. The second-order valence-corrected chi connectivity index (χ2v) is 3.64. The lowest BCUT2D eigenvalue weighted by Gasteiger charge is -2.20. The number of nitrogen functional groups attached to an aromatic ring is 1. The molecule has 0 aliphatic rings. The minimum absolute atomic E-state index is 0.298. The number of aromatic carboxylic acids is 1. The van der Waals surface area contributed by atoms with Crippen LogP contribution in [0.2, 0.25) is 0 Å². The third kappa shape index (κ3) is 2.73. The smallest absolute Gasteiger partial charge is 0.336 e. The Morgan fingerprint density at radius 2 is 2.00 bits per heavy atom. The van der Waals surface area contributed by atoms with Crippen molar-refractivity contribution in [1.82, 2.24) is 4.90 Å². The number of carboxylic acid groups (broad SMARTS) is 1. The van der Waals surface area contributed by atoms with Crippen molar-refractivity contribution in [2.75, 3.05) is 18.8 Å². The van der Waals surface area contributed by atoms with Crippen LogP contribution in [0.3, 0.4) is 0 Å². The van der Waals surface area contributed by atoms with Crippen molar-refractivity contribution in [3.63, 3.8) is 0 Å². The second-order valence-electron chi connectivity index (χ2n) is 3.64. The molecule has 1 rings (SSSR count). The molecule has 4 heteroatoms. The van der Waals surface area contributed by atoms with Crippen molar-refractivity contribution >= 4 is 11.7 Å². The van der Waals surface area contributed by atoms with Gasteiger partial charge in [0.1, 0.15) is 0 Å². The molecule has 0 atom stereocenters. The van der Waals surface area contributed by atoms with Gasteiger partial charge in [0.25, 0.3) is 0 Å². The lowest BCUT2D eigenvalue weighted by atomic mass is 10.0. The van der Waals surface area contributed by atoms with E-state index in [4.69, 9.17) is 10.8 Å². The lowest BCUT2D eigenvalue weighted by molar-refractivity contribution is 0.0694. The van der Waals surface area contributed by atoms with Crippen molar-refractivity contribution in [3.05, 3.63) is 29.3 Å². The van der Waals surface area contributed by atoms with Crippen molar-refractivity contribution in [3.8, 4) is 0 Å². The third-order valence-electron chi connectivity index (χ3n) is 2.72. The van der Waals surface area contributed by atoms with Gasteiger partial charge in [-0.25, -0.2) is 4.79 Å². The summed E-state index contributed by atoms with van der Waals surface area (Å²) in [5.41, 5.74) is 7.38. The van der Waals surface area contributed by atoms with Crippen LogP contribution in [0, 0.1) is 0 Å². The molecule has 0 fully saturated rings. The number of hydrogen-bond donors (Lipinski definition) is 2. The molecule has 0 amide bonds. The number of nitrogens with two attached hydrogens (primary N) is 1. The standard InChI is InChI=1S/C12H18N2O2/c1-3-14(4-2)8-10-9(12(15)16)6-5-7-11(10)13/h5-7H,3-4,8,13H2,1-2H3,(H,15,16). The molecule has 0 saturated heterocycles. The molecule has 4 nitrogen and oxygen atoms in total. The van der Waals surface area contributed by atoms with Crippen molar-refractivity contribution in [2.45, 2.75) is 20.4 Å². The molecule has 0 saturated carbocycles. The predicted molar refractivity (Wildman–Crippen MR) is 64.4 cm³/mol. The average molecular weight is 222 g/mol. The summed E-state index contributed by atoms with van der Waals surface area (Å²) in [7, 11) is 0. The van der Waals surface area contributed by atoms with Crippen molar-refractivity contribution in [2.24, 2.45) is 0 Å². The van der Waals surface area contributed by atoms with E-state index in [1.807, 2.05) is 13.8 Å². The fourth-order valence-corrected chi connectivity index (χ4v) is 1.65. The Balaban J connectivity index is 3.05. The van der Waals surface area contributed by atoms with E-state index >= 15 is 0 Å². The van der Waals surface area contributed by atoms with E-state index in [1.54, 1.807) is 18.2 Å². The Kier molecular flexibility index (Phi) is 4.31. The summed E-state index contributed by atoms with van der Waals surface area (Å²) in [5.74, 6) is -0.922. The maximum absolute atomic E-state index is 11.1. The van der Waals surface area contributed by atoms with E-state index in [-0.39, 0.29) is 0 Å². The molecule has 0 aromatic heterocycles. The summed E-state index contributed by atoms with van der Waals surface area (Å²) in [6.07, 6.45) is 0. The highest BCUT2D eigenvalue weighted by atomic mass is 16.4. The summed E-state index contributed by atoms with van der Waals surface area (Å²) in [5, 5.41) is 9.07. The number of carbonyl (C=O) groups is 1. The van der Waals surface area contributed by atoms with Gasteiger partial charge in [-0.1, -0.05) is 19.9 Å². The van der Waals surface area contributed by atoms with Crippen LogP contribution in [0.25, 0.3) is 0 Å². The van der Waals surface area contributed by atoms with Crippen LogP contribution in [-0.4, -0.2) is 29.1 Å². The molecule has 16 heavy (non-hydrogen) atoms. The maximum Gasteiger partial charge on any atom is 0.336 e. The maximum atomic E-state index is 11.1. The third-order valence-corrected chi connectivity index (χ3v) is 2.72. The molecule has 0 aliphatic heterocycles. The van der Waals surface area contributed by atoms with Crippen LogP contribution >= 0.6 is 0 Å². The first-order valence-electron chi connectivity index (χ1n) is 5.43. The largest absolute Gasteiger partial charge is 0.478 e. The molecule has 0 radical (unpaired) electrons. The monoisotopic (exact) mass is 222 g/mol. The van der Waals surface area contributed by atoms with E-state index in [0.29, 0.717) is 23.4 Å². The molecular formula is C12H18N2O2. The summed E-state index contributed by atoms with van der Waals surface area (Å²) in [6.45, 7) is 6.43. The topological polar surface area (TPSA) is 66.6 Å². The van der Waals surface area contributed by atoms with Crippen LogP contribution in [-0.2, 0) is 6.54 Å². The van der Waals surface area contributed by atoms with Gasteiger partial charge >= 0.3 is 5.97 Å². The number of anilines is 1. The average Bonchev–Trinajstić information content (AvgIpc) is 2.27. The Labute approximate surface area is 95.7 Å². The molecule has 0 heterocycles. The summed E-state index contributed by atoms with van der Waals surface area (Å²) in [6, 6.07) is 5.01. The Hall–Kier alpha value is -1.55. The van der Waals surface area contributed by atoms with Gasteiger partial charge < -0.3 is 10.8 Å². The van der Waals surface area contributed by atoms with Gasteiger partial charge in [-0.05, 0) is 25.2 Å². The number of nitrogens with zero attached hydrogens (tertiary/aromatic N) is 1. The first-order valence-corrected chi connectivity index (χ1v) is 5.43. The SMILES string of the molecule is CCN(CC)Cc1c(N)cccc1C(=O)O. The zero-order valence-electron chi connectivity index (χ0n) is 9.73. The number of hydrogen-bond acceptors (Lipinski definition) is 3. The van der Waals surface area contributed by atoms with Crippen molar-refractivity contribution < 1.29 is 9.90 Å². The van der Waals surface area contributed by atoms with Crippen LogP contribution in [0.15, 0.2) is 18.2 Å². The van der Waals surface area contributed by atoms with Crippen LogP contribution < -0.4 is 5.73 Å². The van der Waals surface area contributed by atoms with Gasteiger partial charge in [0.15, 0.2) is 0 Å². The number of carboxylic acids is 1. The molecular weight excluding hydrogens is 204 g/mol. The van der Waals surface area contributed by atoms with E-state index in [0.717, 1.165) is 13.1 Å². The molecule has 0 bridgehead atoms. The highest BCUT2D eigenvalue weighted by Crippen LogP contribution is 2.19. The summed E-state index contributed by atoms with van der Waals surface area (Å²) in [4.78, 5) is 13.2. The van der Waals surface area contributed by atoms with Gasteiger partial charge in [0.05, 0.1) is 5.56 Å². The number of rotatable bonds is 5. The molecule has 0 unspecified atom stereocenters. The highest BCUT2D eigenvalue weighted by molar-refractivity contribution is 5.91. The van der Waals surface area contributed by atoms with E-state index in [1.165, 1.54) is 0 Å². The van der Waals surface area contributed by atoms with Crippen LogP contribution in [0.5, 0.6) is 0 Å². The van der Waals surface area contributed by atoms with Crippen LogP contribution in [0.4, 0.5) is 5.69 Å². The molecule has 88 valence electrons.